The Morgan fingerprint density at radius 2 is 1.47 bits per heavy atom. The number of ether oxygens (including phenoxy) is 5. The number of fused-ring (bicyclic) bond motifs is 1. The number of carbonyl (C=O) groups excluding carboxylic acids is 1. The smallest absolute Gasteiger partial charge is 0.223 e. The van der Waals surface area contributed by atoms with Gasteiger partial charge in [-0.15, -0.1) is 0 Å². The summed E-state index contributed by atoms with van der Waals surface area (Å²) in [5.74, 6) is 2.68. The highest BCUT2D eigenvalue weighted by atomic mass is 16.5. The Balaban J connectivity index is 1.52. The summed E-state index contributed by atoms with van der Waals surface area (Å²) in [5.41, 5.74) is 4.11. The summed E-state index contributed by atoms with van der Waals surface area (Å²) in [4.78, 5) is 15.2. The molecule has 7 nitrogen and oxygen atoms in total. The summed E-state index contributed by atoms with van der Waals surface area (Å²) in [7, 11) is 6.45. The van der Waals surface area contributed by atoms with Gasteiger partial charge in [0, 0.05) is 13.0 Å². The molecule has 3 aromatic carbocycles. The monoisotopic (exact) mass is 491 g/mol. The lowest BCUT2D eigenvalue weighted by Crippen LogP contribution is -2.39. The molecule has 0 fully saturated rings. The van der Waals surface area contributed by atoms with Crippen molar-refractivity contribution in [3.8, 4) is 23.0 Å². The zero-order chi connectivity index (χ0) is 25.5. The minimum absolute atomic E-state index is 0.0681. The molecule has 0 spiro atoms. The van der Waals surface area contributed by atoms with Crippen molar-refractivity contribution in [1.29, 1.82) is 0 Å². The van der Waals surface area contributed by atoms with Crippen molar-refractivity contribution < 1.29 is 28.5 Å². The number of nitrogens with zero attached hydrogens (tertiary/aromatic N) is 1. The van der Waals surface area contributed by atoms with Crippen LogP contribution in [0.5, 0.6) is 23.0 Å². The van der Waals surface area contributed by atoms with Crippen LogP contribution < -0.4 is 18.9 Å². The number of hydrogen-bond acceptors (Lipinski definition) is 6. The summed E-state index contributed by atoms with van der Waals surface area (Å²) in [6.45, 7) is 1.42. The molecular weight excluding hydrogens is 458 g/mol. The molecule has 0 N–H and O–H groups in total. The zero-order valence-corrected chi connectivity index (χ0v) is 21.3. The van der Waals surface area contributed by atoms with Gasteiger partial charge in [-0.05, 0) is 52.9 Å². The second kappa shape index (κ2) is 11.8. The fourth-order valence-electron chi connectivity index (χ4n) is 4.49. The molecule has 0 aliphatic carbocycles. The van der Waals surface area contributed by atoms with Crippen LogP contribution in [0.15, 0.2) is 60.7 Å². The van der Waals surface area contributed by atoms with E-state index in [4.69, 9.17) is 23.7 Å². The van der Waals surface area contributed by atoms with Gasteiger partial charge < -0.3 is 28.6 Å². The Bertz CT molecular complexity index is 1180. The van der Waals surface area contributed by atoms with Crippen LogP contribution in [-0.2, 0) is 29.1 Å². The van der Waals surface area contributed by atoms with Crippen molar-refractivity contribution in [2.45, 2.75) is 32.1 Å². The topological polar surface area (TPSA) is 66.5 Å². The second-order valence-corrected chi connectivity index (χ2v) is 8.65. The lowest BCUT2D eigenvalue weighted by molar-refractivity contribution is -0.135. The SMILES string of the molecule is COc1ccc(CCC(=O)N2Cc3cc(OC)c(OC)cc3C(OCc3ccccc3)C2)cc1OC. The van der Waals surface area contributed by atoms with Crippen LogP contribution in [0, 0.1) is 0 Å². The van der Waals surface area contributed by atoms with Crippen molar-refractivity contribution in [2.24, 2.45) is 0 Å². The van der Waals surface area contributed by atoms with Crippen LogP contribution in [0.1, 0.15) is 34.8 Å². The quantitative estimate of drug-likeness (QED) is 0.400. The lowest BCUT2D eigenvalue weighted by atomic mass is 9.95. The number of rotatable bonds is 10. The first kappa shape index (κ1) is 25.4. The predicted molar refractivity (Wildman–Crippen MR) is 137 cm³/mol. The highest BCUT2D eigenvalue weighted by Crippen LogP contribution is 2.38. The third-order valence-corrected chi connectivity index (χ3v) is 6.46. The first-order valence-electron chi connectivity index (χ1n) is 11.9. The van der Waals surface area contributed by atoms with Crippen LogP contribution in [-0.4, -0.2) is 45.8 Å². The Kier molecular flexibility index (Phi) is 8.33. The molecule has 3 aromatic rings. The fraction of sp³-hybridized carbons (Fsp3) is 0.345. The molecule has 1 heterocycles. The summed E-state index contributed by atoms with van der Waals surface area (Å²) >= 11 is 0. The third kappa shape index (κ3) is 5.74. The van der Waals surface area contributed by atoms with Crippen LogP contribution in [0.25, 0.3) is 0 Å². The van der Waals surface area contributed by atoms with E-state index in [1.54, 1.807) is 28.4 Å². The van der Waals surface area contributed by atoms with E-state index in [2.05, 4.69) is 0 Å². The maximum absolute atomic E-state index is 13.3. The van der Waals surface area contributed by atoms with Crippen molar-refractivity contribution in [1.82, 2.24) is 4.90 Å². The van der Waals surface area contributed by atoms with E-state index in [0.717, 1.165) is 22.3 Å². The second-order valence-electron chi connectivity index (χ2n) is 8.65. The Hall–Kier alpha value is -3.71. The van der Waals surface area contributed by atoms with Gasteiger partial charge in [0.15, 0.2) is 23.0 Å². The maximum Gasteiger partial charge on any atom is 0.223 e. The first-order valence-corrected chi connectivity index (χ1v) is 11.9. The van der Waals surface area contributed by atoms with Crippen LogP contribution in [0.4, 0.5) is 0 Å². The van der Waals surface area contributed by atoms with Gasteiger partial charge in [-0.1, -0.05) is 36.4 Å². The van der Waals surface area contributed by atoms with Gasteiger partial charge in [0.25, 0.3) is 0 Å². The highest BCUT2D eigenvalue weighted by molar-refractivity contribution is 5.77. The van der Waals surface area contributed by atoms with Crippen molar-refractivity contribution in [3.63, 3.8) is 0 Å². The molecule has 0 saturated carbocycles. The zero-order valence-electron chi connectivity index (χ0n) is 21.3. The number of hydrogen-bond donors (Lipinski definition) is 0. The molecule has 1 atom stereocenters. The van der Waals surface area contributed by atoms with Gasteiger partial charge in [-0.25, -0.2) is 0 Å². The van der Waals surface area contributed by atoms with E-state index in [-0.39, 0.29) is 12.0 Å². The number of aryl methyl sites for hydroxylation is 1. The average Bonchev–Trinajstić information content (AvgIpc) is 2.93. The molecule has 7 heteroatoms. The summed E-state index contributed by atoms with van der Waals surface area (Å²) in [6, 6.07) is 19.7. The standard InChI is InChI=1S/C29H33NO6/c1-32-24-12-10-20(14-25(24)33-2)11-13-29(31)30-17-22-15-26(34-3)27(35-4)16-23(22)28(18-30)36-19-21-8-6-5-7-9-21/h5-10,12,14-16,28H,11,13,17-19H2,1-4H3. The molecule has 1 aliphatic heterocycles. The highest BCUT2D eigenvalue weighted by Gasteiger charge is 2.30. The van der Waals surface area contributed by atoms with E-state index in [0.29, 0.717) is 55.5 Å². The first-order chi connectivity index (χ1) is 17.6. The predicted octanol–water partition coefficient (Wildman–Crippen LogP) is 4.95. The number of benzene rings is 3. The van der Waals surface area contributed by atoms with Crippen LogP contribution >= 0.6 is 0 Å². The number of carbonyl (C=O) groups is 1. The third-order valence-electron chi connectivity index (χ3n) is 6.46. The number of amides is 1. The summed E-state index contributed by atoms with van der Waals surface area (Å²) in [5, 5.41) is 0. The Morgan fingerprint density at radius 3 is 2.17 bits per heavy atom. The van der Waals surface area contributed by atoms with Crippen LogP contribution in [0.2, 0.25) is 0 Å². The minimum Gasteiger partial charge on any atom is -0.493 e. The van der Waals surface area contributed by atoms with Gasteiger partial charge in [-0.2, -0.15) is 0 Å². The van der Waals surface area contributed by atoms with E-state index < -0.39 is 0 Å². The van der Waals surface area contributed by atoms with Gasteiger partial charge >= 0.3 is 0 Å². The van der Waals surface area contributed by atoms with E-state index in [1.807, 2.05) is 65.6 Å². The van der Waals surface area contributed by atoms with E-state index in [1.165, 1.54) is 0 Å². The van der Waals surface area contributed by atoms with Crippen molar-refractivity contribution in [3.05, 3.63) is 82.9 Å². The average molecular weight is 492 g/mol. The van der Waals surface area contributed by atoms with Crippen molar-refractivity contribution >= 4 is 5.91 Å². The Morgan fingerprint density at radius 1 is 0.806 bits per heavy atom. The summed E-state index contributed by atoms with van der Waals surface area (Å²) in [6.07, 6.45) is 0.701. The molecule has 36 heavy (non-hydrogen) atoms. The molecule has 0 bridgehead atoms. The Labute approximate surface area is 212 Å². The van der Waals surface area contributed by atoms with Gasteiger partial charge in [0.1, 0.15) is 6.10 Å². The lowest BCUT2D eigenvalue weighted by Gasteiger charge is -2.35. The molecule has 1 aliphatic rings. The molecule has 0 aromatic heterocycles. The normalized spacial score (nSPS) is 14.7. The molecule has 1 amide bonds. The molecule has 0 radical (unpaired) electrons. The van der Waals surface area contributed by atoms with Gasteiger partial charge in [0.05, 0.1) is 41.6 Å². The molecule has 0 saturated heterocycles. The van der Waals surface area contributed by atoms with E-state index in [9.17, 15) is 4.79 Å². The van der Waals surface area contributed by atoms with Gasteiger partial charge in [-0.3, -0.25) is 4.79 Å². The molecule has 4 rings (SSSR count). The van der Waals surface area contributed by atoms with Crippen molar-refractivity contribution in [2.75, 3.05) is 35.0 Å². The summed E-state index contributed by atoms with van der Waals surface area (Å²) < 4.78 is 28.1. The van der Waals surface area contributed by atoms with E-state index >= 15 is 0 Å². The maximum atomic E-state index is 13.3. The molecular formula is C29H33NO6. The van der Waals surface area contributed by atoms with Gasteiger partial charge in [0.2, 0.25) is 5.91 Å². The van der Waals surface area contributed by atoms with Crippen LogP contribution in [0.3, 0.4) is 0 Å². The fourth-order valence-corrected chi connectivity index (χ4v) is 4.49. The number of methoxy groups -OCH3 is 4. The largest absolute Gasteiger partial charge is 0.493 e. The molecule has 1 unspecified atom stereocenters. The molecule has 190 valence electrons. The minimum atomic E-state index is -0.279.